The molecule has 0 fully saturated rings. The molecule has 0 bridgehead atoms. The molecular formula is C21H29N3O3. The van der Waals surface area contributed by atoms with Gasteiger partial charge in [0.25, 0.3) is 0 Å². The molecular weight excluding hydrogens is 342 g/mol. The van der Waals surface area contributed by atoms with Gasteiger partial charge in [-0.1, -0.05) is 36.8 Å². The summed E-state index contributed by atoms with van der Waals surface area (Å²) in [4.78, 5) is 4.30. The largest absolute Gasteiger partial charge is 0.493 e. The Morgan fingerprint density at radius 2 is 1.70 bits per heavy atom. The third kappa shape index (κ3) is 5.29. The number of aliphatic imine (C=N–C) groups is 1. The predicted molar refractivity (Wildman–Crippen MR) is 111 cm³/mol. The van der Waals surface area contributed by atoms with Crippen molar-refractivity contribution in [3.63, 3.8) is 0 Å². The first-order chi connectivity index (χ1) is 13.0. The highest BCUT2D eigenvalue weighted by molar-refractivity contribution is 5.94. The van der Waals surface area contributed by atoms with Gasteiger partial charge < -0.3 is 24.8 Å². The maximum absolute atomic E-state index is 5.40. The molecule has 6 nitrogen and oxygen atoms in total. The van der Waals surface area contributed by atoms with Crippen molar-refractivity contribution in [3.05, 3.63) is 47.5 Å². The molecule has 146 valence electrons. The second kappa shape index (κ2) is 9.71. The number of aryl methyl sites for hydroxylation is 1. The number of ether oxygens (including phenoxy) is 3. The molecule has 0 aromatic heterocycles. The fourth-order valence-corrected chi connectivity index (χ4v) is 2.81. The molecule has 2 aromatic rings. The fraction of sp³-hybridized carbons (Fsp3) is 0.381. The summed E-state index contributed by atoms with van der Waals surface area (Å²) in [5.74, 6) is 2.75. The van der Waals surface area contributed by atoms with Crippen LogP contribution in [-0.2, 0) is 0 Å². The van der Waals surface area contributed by atoms with E-state index in [2.05, 4.69) is 53.7 Å². The van der Waals surface area contributed by atoms with E-state index in [1.165, 1.54) is 11.1 Å². The van der Waals surface area contributed by atoms with Gasteiger partial charge in [0.05, 0.1) is 21.3 Å². The standard InChI is InChI=1S/C21H29N3O3/c1-14-8-7-9-16(10-14)15(2)13-23-21(22-3)24-17-11-18(25-4)20(27-6)19(12-17)26-5/h7-12,15H,13H2,1-6H3,(H2,22,23,24). The van der Waals surface area contributed by atoms with E-state index in [0.29, 0.717) is 29.1 Å². The van der Waals surface area contributed by atoms with E-state index in [0.717, 1.165) is 12.2 Å². The lowest BCUT2D eigenvalue weighted by atomic mass is 9.99. The second-order valence-corrected chi connectivity index (χ2v) is 6.31. The highest BCUT2D eigenvalue weighted by atomic mass is 16.5. The molecule has 2 rings (SSSR count). The summed E-state index contributed by atoms with van der Waals surface area (Å²) in [5, 5.41) is 6.64. The molecule has 0 amide bonds. The minimum absolute atomic E-state index is 0.350. The maximum Gasteiger partial charge on any atom is 0.203 e. The quantitative estimate of drug-likeness (QED) is 0.572. The molecule has 2 aromatic carbocycles. The van der Waals surface area contributed by atoms with Crippen molar-refractivity contribution < 1.29 is 14.2 Å². The molecule has 0 saturated carbocycles. The minimum atomic E-state index is 0.350. The Kier molecular flexibility index (Phi) is 7.34. The normalized spacial score (nSPS) is 12.3. The summed E-state index contributed by atoms with van der Waals surface area (Å²) in [7, 11) is 6.51. The lowest BCUT2D eigenvalue weighted by Crippen LogP contribution is -2.33. The number of anilines is 1. The highest BCUT2D eigenvalue weighted by Gasteiger charge is 2.14. The number of rotatable bonds is 7. The van der Waals surface area contributed by atoms with Crippen molar-refractivity contribution in [1.29, 1.82) is 0 Å². The Hall–Kier alpha value is -2.89. The van der Waals surface area contributed by atoms with Gasteiger partial charge >= 0.3 is 0 Å². The van der Waals surface area contributed by atoms with Gasteiger partial charge in [-0.2, -0.15) is 0 Å². The third-order valence-electron chi connectivity index (χ3n) is 4.34. The van der Waals surface area contributed by atoms with Crippen molar-refractivity contribution >= 4 is 11.6 Å². The van der Waals surface area contributed by atoms with Crippen LogP contribution >= 0.6 is 0 Å². The van der Waals surface area contributed by atoms with Crippen LogP contribution in [0.25, 0.3) is 0 Å². The number of guanidine groups is 1. The number of nitrogens with zero attached hydrogens (tertiary/aromatic N) is 1. The number of benzene rings is 2. The number of nitrogens with one attached hydrogen (secondary N) is 2. The highest BCUT2D eigenvalue weighted by Crippen LogP contribution is 2.39. The fourth-order valence-electron chi connectivity index (χ4n) is 2.81. The van der Waals surface area contributed by atoms with Gasteiger partial charge in [-0.3, -0.25) is 4.99 Å². The third-order valence-corrected chi connectivity index (χ3v) is 4.34. The topological polar surface area (TPSA) is 64.1 Å². The lowest BCUT2D eigenvalue weighted by molar-refractivity contribution is 0.324. The molecule has 0 aliphatic rings. The zero-order chi connectivity index (χ0) is 19.8. The summed E-state index contributed by atoms with van der Waals surface area (Å²) in [6.45, 7) is 5.05. The Morgan fingerprint density at radius 3 is 2.22 bits per heavy atom. The first-order valence-electron chi connectivity index (χ1n) is 8.86. The molecule has 0 aliphatic heterocycles. The number of methoxy groups -OCH3 is 3. The summed E-state index contributed by atoms with van der Waals surface area (Å²) >= 11 is 0. The van der Waals surface area contributed by atoms with Gasteiger partial charge in [0.1, 0.15) is 0 Å². The Balaban J connectivity index is 2.09. The van der Waals surface area contributed by atoms with E-state index in [1.54, 1.807) is 28.4 Å². The van der Waals surface area contributed by atoms with Gasteiger partial charge in [-0.25, -0.2) is 0 Å². The molecule has 27 heavy (non-hydrogen) atoms. The summed E-state index contributed by atoms with van der Waals surface area (Å²) in [5.41, 5.74) is 3.35. The lowest BCUT2D eigenvalue weighted by Gasteiger charge is -2.18. The van der Waals surface area contributed by atoms with Crippen LogP contribution in [0.2, 0.25) is 0 Å². The van der Waals surface area contributed by atoms with E-state index < -0.39 is 0 Å². The zero-order valence-electron chi connectivity index (χ0n) is 16.9. The zero-order valence-corrected chi connectivity index (χ0v) is 16.9. The first-order valence-corrected chi connectivity index (χ1v) is 8.86. The van der Waals surface area contributed by atoms with Gasteiger partial charge in [0.2, 0.25) is 5.75 Å². The summed E-state index contributed by atoms with van der Waals surface area (Å²) in [6, 6.07) is 12.2. The molecule has 0 saturated heterocycles. The van der Waals surface area contributed by atoms with Crippen LogP contribution in [-0.4, -0.2) is 40.9 Å². The SMILES string of the molecule is CN=C(NCC(C)c1cccc(C)c1)Nc1cc(OC)c(OC)c(OC)c1. The van der Waals surface area contributed by atoms with Crippen LogP contribution in [0.15, 0.2) is 41.4 Å². The van der Waals surface area contributed by atoms with Gasteiger partial charge in [0.15, 0.2) is 17.5 Å². The van der Waals surface area contributed by atoms with Crippen molar-refractivity contribution in [1.82, 2.24) is 5.32 Å². The van der Waals surface area contributed by atoms with Crippen molar-refractivity contribution in [2.24, 2.45) is 4.99 Å². The van der Waals surface area contributed by atoms with Crippen molar-refractivity contribution in [2.75, 3.05) is 40.2 Å². The molecule has 0 aliphatic carbocycles. The molecule has 1 unspecified atom stereocenters. The van der Waals surface area contributed by atoms with Crippen LogP contribution in [0.3, 0.4) is 0 Å². The summed E-state index contributed by atoms with van der Waals surface area (Å²) in [6.07, 6.45) is 0. The Labute approximate surface area is 161 Å². The van der Waals surface area contributed by atoms with Crippen LogP contribution in [0.5, 0.6) is 17.2 Å². The minimum Gasteiger partial charge on any atom is -0.493 e. The van der Waals surface area contributed by atoms with E-state index in [1.807, 2.05) is 12.1 Å². The molecule has 0 heterocycles. The van der Waals surface area contributed by atoms with Gasteiger partial charge in [-0.15, -0.1) is 0 Å². The van der Waals surface area contributed by atoms with Crippen molar-refractivity contribution in [2.45, 2.75) is 19.8 Å². The van der Waals surface area contributed by atoms with Crippen molar-refractivity contribution in [3.8, 4) is 17.2 Å². The second-order valence-electron chi connectivity index (χ2n) is 6.31. The maximum atomic E-state index is 5.40. The Morgan fingerprint density at radius 1 is 1.04 bits per heavy atom. The Bertz CT molecular complexity index is 765. The van der Waals surface area contributed by atoms with Crippen LogP contribution < -0.4 is 24.8 Å². The molecule has 0 spiro atoms. The molecule has 6 heteroatoms. The number of hydrogen-bond donors (Lipinski definition) is 2. The number of hydrogen-bond acceptors (Lipinski definition) is 4. The molecule has 2 N–H and O–H groups in total. The molecule has 1 atom stereocenters. The van der Waals surface area contributed by atoms with Gasteiger partial charge in [0, 0.05) is 31.4 Å². The van der Waals surface area contributed by atoms with Crippen LogP contribution in [0, 0.1) is 6.92 Å². The van der Waals surface area contributed by atoms with Gasteiger partial charge in [-0.05, 0) is 18.4 Å². The average Bonchev–Trinajstić information content (AvgIpc) is 2.69. The van der Waals surface area contributed by atoms with E-state index >= 15 is 0 Å². The van der Waals surface area contributed by atoms with E-state index in [4.69, 9.17) is 14.2 Å². The average molecular weight is 371 g/mol. The van der Waals surface area contributed by atoms with Crippen LogP contribution in [0.1, 0.15) is 24.0 Å². The smallest absolute Gasteiger partial charge is 0.203 e. The van der Waals surface area contributed by atoms with E-state index in [-0.39, 0.29) is 0 Å². The molecule has 0 radical (unpaired) electrons. The van der Waals surface area contributed by atoms with E-state index in [9.17, 15) is 0 Å². The van der Waals surface area contributed by atoms with Crippen LogP contribution in [0.4, 0.5) is 5.69 Å². The first kappa shape index (κ1) is 20.4. The predicted octanol–water partition coefficient (Wildman–Crippen LogP) is 3.81. The summed E-state index contributed by atoms with van der Waals surface area (Å²) < 4.78 is 16.2. The monoisotopic (exact) mass is 371 g/mol.